The summed E-state index contributed by atoms with van der Waals surface area (Å²) < 4.78 is 15.7. The van der Waals surface area contributed by atoms with E-state index in [1.807, 2.05) is 19.9 Å². The highest BCUT2D eigenvalue weighted by molar-refractivity contribution is 6.00. The minimum absolute atomic E-state index is 0.134. The molecule has 0 radical (unpaired) electrons. The molecule has 0 unspecified atom stereocenters. The number of rotatable bonds is 3. The Bertz CT molecular complexity index is 972. The topological polar surface area (TPSA) is 69.7 Å². The summed E-state index contributed by atoms with van der Waals surface area (Å²) in [6.07, 6.45) is 3.06. The number of benzene rings is 1. The van der Waals surface area contributed by atoms with Crippen LogP contribution in [0.4, 0.5) is 0 Å². The second kappa shape index (κ2) is 5.76. The van der Waals surface area contributed by atoms with E-state index in [1.54, 1.807) is 18.2 Å². The first-order chi connectivity index (χ1) is 11.0. The molecule has 0 bridgehead atoms. The number of methoxy groups -OCH3 is 1. The summed E-state index contributed by atoms with van der Waals surface area (Å²) in [5, 5.41) is 1.65. The zero-order valence-corrected chi connectivity index (χ0v) is 13.1. The van der Waals surface area contributed by atoms with E-state index in [0.29, 0.717) is 11.2 Å². The van der Waals surface area contributed by atoms with E-state index in [0.717, 1.165) is 22.1 Å². The Morgan fingerprint density at radius 2 is 1.96 bits per heavy atom. The maximum atomic E-state index is 11.4. The third kappa shape index (κ3) is 2.77. The van der Waals surface area contributed by atoms with Crippen molar-refractivity contribution in [3.63, 3.8) is 0 Å². The Balaban J connectivity index is 2.28. The van der Waals surface area contributed by atoms with Crippen LogP contribution in [0.25, 0.3) is 28.0 Å². The lowest BCUT2D eigenvalue weighted by molar-refractivity contribution is -0.134. The van der Waals surface area contributed by atoms with E-state index in [1.165, 1.54) is 19.3 Å². The molecular formula is C18H16O5. The SMILES string of the molecule is COC(=O)/C=C/c1c(C(C)C)oc2cc3oc(=O)ccc3cc12. The van der Waals surface area contributed by atoms with E-state index in [4.69, 9.17) is 8.83 Å². The summed E-state index contributed by atoms with van der Waals surface area (Å²) in [5.41, 5.74) is 1.50. The maximum absolute atomic E-state index is 11.4. The second-order valence-corrected chi connectivity index (χ2v) is 5.53. The van der Waals surface area contributed by atoms with Crippen molar-refractivity contribution < 1.29 is 18.4 Å². The van der Waals surface area contributed by atoms with Gasteiger partial charge in [-0.2, -0.15) is 0 Å². The zero-order valence-electron chi connectivity index (χ0n) is 13.1. The fourth-order valence-electron chi connectivity index (χ4n) is 2.52. The summed E-state index contributed by atoms with van der Waals surface area (Å²) >= 11 is 0. The Hall–Kier alpha value is -2.82. The summed E-state index contributed by atoms with van der Waals surface area (Å²) in [4.78, 5) is 22.7. The van der Waals surface area contributed by atoms with Gasteiger partial charge in [0.15, 0.2) is 0 Å². The lowest BCUT2D eigenvalue weighted by Gasteiger charge is -2.01. The van der Waals surface area contributed by atoms with Crippen LogP contribution in [-0.2, 0) is 9.53 Å². The van der Waals surface area contributed by atoms with Gasteiger partial charge in [0.25, 0.3) is 0 Å². The van der Waals surface area contributed by atoms with E-state index in [9.17, 15) is 9.59 Å². The van der Waals surface area contributed by atoms with Gasteiger partial charge in [-0.05, 0) is 18.2 Å². The van der Waals surface area contributed by atoms with Crippen molar-refractivity contribution in [3.05, 3.63) is 52.1 Å². The third-order valence-corrected chi connectivity index (χ3v) is 3.61. The Kier molecular flexibility index (Phi) is 3.78. The van der Waals surface area contributed by atoms with E-state index >= 15 is 0 Å². The standard InChI is InChI=1S/C18H16O5/c1-10(2)18-12(5-7-16(19)21-3)13-8-11-4-6-17(20)22-14(11)9-15(13)23-18/h4-10H,1-3H3/b7-5+. The molecule has 23 heavy (non-hydrogen) atoms. The van der Waals surface area contributed by atoms with Crippen LogP contribution < -0.4 is 5.63 Å². The van der Waals surface area contributed by atoms with Gasteiger partial charge < -0.3 is 13.6 Å². The molecule has 0 atom stereocenters. The molecule has 0 amide bonds. The Labute approximate surface area is 132 Å². The molecule has 0 aliphatic carbocycles. The highest BCUT2D eigenvalue weighted by Crippen LogP contribution is 2.34. The molecule has 2 heterocycles. The van der Waals surface area contributed by atoms with Crippen molar-refractivity contribution in [3.8, 4) is 0 Å². The van der Waals surface area contributed by atoms with Gasteiger partial charge in [0.05, 0.1) is 7.11 Å². The lowest BCUT2D eigenvalue weighted by Crippen LogP contribution is -1.94. The predicted octanol–water partition coefficient (Wildman–Crippen LogP) is 3.85. The number of hydrogen-bond acceptors (Lipinski definition) is 5. The highest BCUT2D eigenvalue weighted by Gasteiger charge is 2.16. The van der Waals surface area contributed by atoms with Gasteiger partial charge in [0, 0.05) is 40.5 Å². The second-order valence-electron chi connectivity index (χ2n) is 5.53. The van der Waals surface area contributed by atoms with Crippen molar-refractivity contribution in [2.45, 2.75) is 19.8 Å². The van der Waals surface area contributed by atoms with Crippen molar-refractivity contribution in [2.24, 2.45) is 0 Å². The Morgan fingerprint density at radius 3 is 2.65 bits per heavy atom. The molecule has 3 rings (SSSR count). The van der Waals surface area contributed by atoms with Crippen molar-refractivity contribution in [1.82, 2.24) is 0 Å². The summed E-state index contributed by atoms with van der Waals surface area (Å²) in [5.74, 6) is 0.466. The average molecular weight is 312 g/mol. The monoisotopic (exact) mass is 312 g/mol. The van der Waals surface area contributed by atoms with Gasteiger partial charge in [0.2, 0.25) is 0 Å². The first-order valence-electron chi connectivity index (χ1n) is 7.26. The van der Waals surface area contributed by atoms with E-state index in [-0.39, 0.29) is 5.92 Å². The average Bonchev–Trinajstić information content (AvgIpc) is 2.88. The normalized spacial score (nSPS) is 11.8. The van der Waals surface area contributed by atoms with Crippen molar-refractivity contribution >= 4 is 34.0 Å². The molecule has 0 spiro atoms. The largest absolute Gasteiger partial charge is 0.466 e. The molecule has 3 aromatic rings. The molecule has 0 aliphatic heterocycles. The van der Waals surface area contributed by atoms with Crippen molar-refractivity contribution in [2.75, 3.05) is 7.11 Å². The summed E-state index contributed by atoms with van der Waals surface area (Å²) in [6.45, 7) is 4.01. The van der Waals surface area contributed by atoms with Gasteiger partial charge in [-0.3, -0.25) is 0 Å². The van der Waals surface area contributed by atoms with Crippen LogP contribution in [0.15, 0.2) is 44.0 Å². The van der Waals surface area contributed by atoms with Crippen LogP contribution in [0, 0.1) is 0 Å². The molecule has 118 valence electrons. The molecule has 5 nitrogen and oxygen atoms in total. The van der Waals surface area contributed by atoms with Gasteiger partial charge >= 0.3 is 11.6 Å². The van der Waals surface area contributed by atoms with Crippen LogP contribution in [0.3, 0.4) is 0 Å². The maximum Gasteiger partial charge on any atom is 0.336 e. The fraction of sp³-hybridized carbons (Fsp3) is 0.222. The molecule has 0 saturated carbocycles. The number of carbonyl (C=O) groups is 1. The molecule has 0 N–H and O–H groups in total. The molecular weight excluding hydrogens is 296 g/mol. The van der Waals surface area contributed by atoms with E-state index in [2.05, 4.69) is 4.74 Å². The molecule has 0 saturated heterocycles. The first kappa shape index (κ1) is 15.1. The summed E-state index contributed by atoms with van der Waals surface area (Å²) in [7, 11) is 1.33. The van der Waals surface area contributed by atoms with Crippen LogP contribution in [0.5, 0.6) is 0 Å². The number of carbonyl (C=O) groups excluding carboxylic acids is 1. The summed E-state index contributed by atoms with van der Waals surface area (Å²) in [6, 6.07) is 6.67. The molecule has 1 aromatic carbocycles. The van der Waals surface area contributed by atoms with Crippen molar-refractivity contribution in [1.29, 1.82) is 0 Å². The predicted molar refractivity (Wildman–Crippen MR) is 87.4 cm³/mol. The van der Waals surface area contributed by atoms with Crippen LogP contribution >= 0.6 is 0 Å². The zero-order chi connectivity index (χ0) is 16.6. The van der Waals surface area contributed by atoms with Crippen LogP contribution in [0.1, 0.15) is 31.1 Å². The van der Waals surface area contributed by atoms with Gasteiger partial charge in [-0.15, -0.1) is 0 Å². The third-order valence-electron chi connectivity index (χ3n) is 3.61. The van der Waals surface area contributed by atoms with Crippen LogP contribution in [-0.4, -0.2) is 13.1 Å². The molecule has 2 aromatic heterocycles. The quantitative estimate of drug-likeness (QED) is 0.417. The smallest absolute Gasteiger partial charge is 0.336 e. The lowest BCUT2D eigenvalue weighted by atomic mass is 10.0. The van der Waals surface area contributed by atoms with Gasteiger partial charge in [0.1, 0.15) is 16.9 Å². The Morgan fingerprint density at radius 1 is 1.17 bits per heavy atom. The minimum Gasteiger partial charge on any atom is -0.466 e. The van der Waals surface area contributed by atoms with Gasteiger partial charge in [-0.25, -0.2) is 9.59 Å². The number of fused-ring (bicyclic) bond motifs is 2. The molecule has 0 fully saturated rings. The van der Waals surface area contributed by atoms with Gasteiger partial charge in [-0.1, -0.05) is 13.8 Å². The molecule has 5 heteroatoms. The van der Waals surface area contributed by atoms with Crippen LogP contribution in [0.2, 0.25) is 0 Å². The first-order valence-corrected chi connectivity index (χ1v) is 7.26. The van der Waals surface area contributed by atoms with E-state index < -0.39 is 11.6 Å². The number of furan rings is 1. The highest BCUT2D eigenvalue weighted by atomic mass is 16.5. The molecule has 0 aliphatic rings. The minimum atomic E-state index is -0.430. The number of ether oxygens (including phenoxy) is 1. The fourth-order valence-corrected chi connectivity index (χ4v) is 2.52. The number of esters is 1. The number of hydrogen-bond donors (Lipinski definition) is 0.